The molecule has 6 heteroatoms. The Bertz CT molecular complexity index is 376. The highest BCUT2D eigenvalue weighted by Gasteiger charge is 2.48. The predicted molar refractivity (Wildman–Crippen MR) is 70.0 cm³/mol. The van der Waals surface area contributed by atoms with Crippen LogP contribution in [0.2, 0.25) is 0 Å². The molecule has 5 nitrogen and oxygen atoms in total. The van der Waals surface area contributed by atoms with Crippen LogP contribution in [0.4, 0.5) is 0 Å². The summed E-state index contributed by atoms with van der Waals surface area (Å²) in [4.78, 5) is 24.6. The summed E-state index contributed by atoms with van der Waals surface area (Å²) in [5, 5.41) is 1.48. The normalized spacial score (nSPS) is 31.1. The van der Waals surface area contributed by atoms with E-state index in [1.807, 2.05) is 0 Å². The van der Waals surface area contributed by atoms with Crippen LogP contribution in [0.5, 0.6) is 0 Å². The van der Waals surface area contributed by atoms with E-state index < -0.39 is 11.2 Å². The van der Waals surface area contributed by atoms with Gasteiger partial charge >= 0.3 is 0 Å². The van der Waals surface area contributed by atoms with Crippen molar-refractivity contribution in [2.45, 2.75) is 51.4 Å². The van der Waals surface area contributed by atoms with E-state index >= 15 is 0 Å². The van der Waals surface area contributed by atoms with Crippen LogP contribution in [-0.2, 0) is 14.3 Å². The summed E-state index contributed by atoms with van der Waals surface area (Å²) >= 11 is 1.80. The zero-order valence-electron chi connectivity index (χ0n) is 11.3. The summed E-state index contributed by atoms with van der Waals surface area (Å²) in [5.41, 5.74) is 0.732. The molecule has 1 unspecified atom stereocenters. The molecule has 0 aromatic rings. The van der Waals surface area contributed by atoms with Gasteiger partial charge in [0.25, 0.3) is 11.8 Å². The van der Waals surface area contributed by atoms with E-state index in [0.29, 0.717) is 0 Å². The van der Waals surface area contributed by atoms with Crippen LogP contribution >= 0.6 is 11.8 Å². The SMILES string of the molecule is CC1(C)OC(C)(C)C(=O)N(C2CCSC2)NC1=O. The molecule has 2 rings (SSSR count). The lowest BCUT2D eigenvalue weighted by atomic mass is 10.0. The molecule has 1 atom stereocenters. The van der Waals surface area contributed by atoms with Gasteiger partial charge in [-0.05, 0) is 39.9 Å². The van der Waals surface area contributed by atoms with E-state index in [2.05, 4.69) is 5.43 Å². The highest BCUT2D eigenvalue weighted by atomic mass is 32.2. The second-order valence-electron chi connectivity index (χ2n) is 5.76. The van der Waals surface area contributed by atoms with Crippen LogP contribution in [0.15, 0.2) is 0 Å². The number of hydrazine groups is 1. The van der Waals surface area contributed by atoms with Crippen molar-refractivity contribution >= 4 is 23.6 Å². The summed E-state index contributed by atoms with van der Waals surface area (Å²) in [6.45, 7) is 6.80. The van der Waals surface area contributed by atoms with Crippen molar-refractivity contribution in [1.82, 2.24) is 10.4 Å². The first-order chi connectivity index (χ1) is 8.24. The lowest BCUT2D eigenvalue weighted by Gasteiger charge is -2.32. The fourth-order valence-corrected chi connectivity index (χ4v) is 3.49. The maximum atomic E-state index is 12.5. The van der Waals surface area contributed by atoms with Gasteiger partial charge in [0.1, 0.15) is 11.2 Å². The molecule has 1 N–H and O–H groups in total. The fourth-order valence-electron chi connectivity index (χ4n) is 2.30. The Morgan fingerprint density at radius 3 is 2.50 bits per heavy atom. The Balaban J connectivity index is 2.30. The second kappa shape index (κ2) is 4.42. The van der Waals surface area contributed by atoms with Gasteiger partial charge in [0, 0.05) is 5.75 Å². The van der Waals surface area contributed by atoms with Crippen LogP contribution in [0.1, 0.15) is 34.1 Å². The largest absolute Gasteiger partial charge is 0.350 e. The van der Waals surface area contributed by atoms with Crippen molar-refractivity contribution in [3.63, 3.8) is 0 Å². The minimum Gasteiger partial charge on any atom is -0.350 e. The first-order valence-corrected chi connectivity index (χ1v) is 7.32. The minimum absolute atomic E-state index is 0.0724. The van der Waals surface area contributed by atoms with Gasteiger partial charge in [0.15, 0.2) is 0 Å². The third-order valence-electron chi connectivity index (χ3n) is 3.28. The van der Waals surface area contributed by atoms with Gasteiger partial charge in [0.05, 0.1) is 6.04 Å². The maximum absolute atomic E-state index is 12.5. The monoisotopic (exact) mass is 272 g/mol. The summed E-state index contributed by atoms with van der Waals surface area (Å²) < 4.78 is 5.69. The van der Waals surface area contributed by atoms with Gasteiger partial charge in [0.2, 0.25) is 0 Å². The van der Waals surface area contributed by atoms with Gasteiger partial charge in [-0.15, -0.1) is 0 Å². The van der Waals surface area contributed by atoms with Gasteiger partial charge in [-0.1, -0.05) is 0 Å². The maximum Gasteiger partial charge on any atom is 0.272 e. The molecule has 0 radical (unpaired) electrons. The summed E-state index contributed by atoms with van der Waals surface area (Å²) in [6.07, 6.45) is 0.910. The number of nitrogens with zero attached hydrogens (tertiary/aromatic N) is 1. The van der Waals surface area contributed by atoms with E-state index in [1.165, 1.54) is 5.01 Å². The molecule has 102 valence electrons. The van der Waals surface area contributed by atoms with E-state index in [9.17, 15) is 9.59 Å². The van der Waals surface area contributed by atoms with Crippen molar-refractivity contribution < 1.29 is 14.3 Å². The average Bonchev–Trinajstić information content (AvgIpc) is 2.73. The van der Waals surface area contributed by atoms with Crippen molar-refractivity contribution in [2.75, 3.05) is 11.5 Å². The lowest BCUT2D eigenvalue weighted by molar-refractivity contribution is -0.168. The molecule has 0 bridgehead atoms. The number of hydrogen-bond donors (Lipinski definition) is 1. The quantitative estimate of drug-likeness (QED) is 0.772. The smallest absolute Gasteiger partial charge is 0.272 e. The molecule has 2 saturated heterocycles. The van der Waals surface area contributed by atoms with Gasteiger partial charge < -0.3 is 4.74 Å². The minimum atomic E-state index is -1.00. The topological polar surface area (TPSA) is 58.6 Å². The van der Waals surface area contributed by atoms with Crippen LogP contribution in [0.25, 0.3) is 0 Å². The summed E-state index contributed by atoms with van der Waals surface area (Å²) in [6, 6.07) is 0.0724. The number of amides is 2. The zero-order chi connectivity index (χ0) is 13.6. The molecule has 2 aliphatic heterocycles. The Morgan fingerprint density at radius 1 is 1.28 bits per heavy atom. The van der Waals surface area contributed by atoms with E-state index in [0.717, 1.165) is 17.9 Å². The van der Waals surface area contributed by atoms with Crippen LogP contribution in [0.3, 0.4) is 0 Å². The average molecular weight is 272 g/mol. The number of thioether (sulfide) groups is 1. The molecule has 0 aliphatic carbocycles. The molecule has 0 spiro atoms. The Hall–Kier alpha value is -0.750. The molecular formula is C12H20N2O3S. The standard InChI is InChI=1S/C12H20N2O3S/c1-11(2)9(15)13-14(8-5-6-18-7-8)10(16)12(3,4)17-11/h8H,5-7H2,1-4H3,(H,13,15). The summed E-state index contributed by atoms with van der Waals surface area (Å²) in [5.74, 6) is 1.45. The van der Waals surface area contributed by atoms with Gasteiger partial charge in [-0.3, -0.25) is 15.0 Å². The predicted octanol–water partition coefficient (Wildman–Crippen LogP) is 0.939. The third kappa shape index (κ3) is 2.36. The molecule has 0 aromatic carbocycles. The second-order valence-corrected chi connectivity index (χ2v) is 6.91. The van der Waals surface area contributed by atoms with Gasteiger partial charge in [-0.2, -0.15) is 11.8 Å². The molecule has 2 heterocycles. The number of nitrogens with one attached hydrogen (secondary N) is 1. The fraction of sp³-hybridized carbons (Fsp3) is 0.833. The van der Waals surface area contributed by atoms with Crippen LogP contribution in [-0.4, -0.2) is 45.6 Å². The third-order valence-corrected chi connectivity index (χ3v) is 4.43. The first kappa shape index (κ1) is 13.7. The lowest BCUT2D eigenvalue weighted by Crippen LogP contribution is -2.56. The highest BCUT2D eigenvalue weighted by Crippen LogP contribution is 2.29. The van der Waals surface area contributed by atoms with Crippen molar-refractivity contribution in [1.29, 1.82) is 0 Å². The van der Waals surface area contributed by atoms with E-state index in [1.54, 1.807) is 39.5 Å². The van der Waals surface area contributed by atoms with Gasteiger partial charge in [-0.25, -0.2) is 5.01 Å². The molecule has 2 amide bonds. The van der Waals surface area contributed by atoms with E-state index in [-0.39, 0.29) is 17.9 Å². The van der Waals surface area contributed by atoms with Crippen LogP contribution < -0.4 is 5.43 Å². The van der Waals surface area contributed by atoms with Crippen molar-refractivity contribution in [3.8, 4) is 0 Å². The molecule has 18 heavy (non-hydrogen) atoms. The first-order valence-electron chi connectivity index (χ1n) is 6.17. The van der Waals surface area contributed by atoms with E-state index in [4.69, 9.17) is 4.74 Å². The Morgan fingerprint density at radius 2 is 1.94 bits per heavy atom. The zero-order valence-corrected chi connectivity index (χ0v) is 12.1. The molecule has 2 aliphatic rings. The Kier molecular flexibility index (Phi) is 3.36. The highest BCUT2D eigenvalue weighted by molar-refractivity contribution is 7.99. The number of hydrogen-bond acceptors (Lipinski definition) is 4. The molecular weight excluding hydrogens is 252 g/mol. The molecule has 2 fully saturated rings. The Labute approximate surface area is 112 Å². The molecule has 0 aromatic heterocycles. The number of carbonyl (C=O) groups is 2. The summed E-state index contributed by atoms with van der Waals surface area (Å²) in [7, 11) is 0. The number of ether oxygens (including phenoxy) is 1. The van der Waals surface area contributed by atoms with Crippen molar-refractivity contribution in [3.05, 3.63) is 0 Å². The van der Waals surface area contributed by atoms with Crippen molar-refractivity contribution in [2.24, 2.45) is 0 Å². The number of rotatable bonds is 1. The van der Waals surface area contributed by atoms with Crippen LogP contribution in [0, 0.1) is 0 Å². The number of carbonyl (C=O) groups excluding carboxylic acids is 2. The molecule has 0 saturated carbocycles.